The van der Waals surface area contributed by atoms with Gasteiger partial charge in [0.2, 0.25) is 5.91 Å². The number of aryl methyl sites for hydroxylation is 1. The highest BCUT2D eigenvalue weighted by Gasteiger charge is 2.25. The molecule has 1 unspecified atom stereocenters. The van der Waals surface area contributed by atoms with Gasteiger partial charge in [-0.1, -0.05) is 12.1 Å². The Balaban J connectivity index is 2.01. The summed E-state index contributed by atoms with van der Waals surface area (Å²) in [4.78, 5) is 16.7. The number of carbonyl (C=O) groups is 1. The zero-order valence-corrected chi connectivity index (χ0v) is 12.8. The Morgan fingerprint density at radius 3 is 2.57 bits per heavy atom. The van der Waals surface area contributed by atoms with Gasteiger partial charge in [-0.05, 0) is 37.6 Å². The maximum absolute atomic E-state index is 13.3. The first-order valence-electron chi connectivity index (χ1n) is 7.43. The molecule has 21 heavy (non-hydrogen) atoms. The number of amides is 1. The molecular weight excluding hydrogens is 269 g/mol. The Labute approximate surface area is 125 Å². The molecule has 1 aliphatic heterocycles. The second-order valence-corrected chi connectivity index (χ2v) is 5.85. The number of likely N-dealkylation sites (N-methyl/N-ethyl adjacent to an activating group) is 1. The number of hydrogen-bond donors (Lipinski definition) is 1. The van der Waals surface area contributed by atoms with Gasteiger partial charge in [0.05, 0.1) is 5.92 Å². The number of halogens is 1. The van der Waals surface area contributed by atoms with E-state index in [0.29, 0.717) is 18.5 Å². The molecule has 0 radical (unpaired) electrons. The molecule has 116 valence electrons. The van der Waals surface area contributed by atoms with Crippen LogP contribution in [0.25, 0.3) is 0 Å². The lowest BCUT2D eigenvalue weighted by atomic mass is 9.96. The summed E-state index contributed by atoms with van der Waals surface area (Å²) in [5.41, 5.74) is 7.36. The topological polar surface area (TPSA) is 49.6 Å². The van der Waals surface area contributed by atoms with Crippen molar-refractivity contribution < 1.29 is 9.18 Å². The fourth-order valence-corrected chi connectivity index (χ4v) is 2.67. The summed E-state index contributed by atoms with van der Waals surface area (Å²) in [6.45, 7) is 5.38. The summed E-state index contributed by atoms with van der Waals surface area (Å²) < 4.78 is 13.3. The number of rotatable bonds is 4. The lowest BCUT2D eigenvalue weighted by molar-refractivity contribution is -0.136. The molecule has 1 aromatic carbocycles. The van der Waals surface area contributed by atoms with Crippen LogP contribution in [0.4, 0.5) is 4.39 Å². The maximum atomic E-state index is 13.3. The average Bonchev–Trinajstić information content (AvgIpc) is 2.48. The number of piperazine rings is 1. The van der Waals surface area contributed by atoms with E-state index in [0.717, 1.165) is 31.7 Å². The second kappa shape index (κ2) is 7.00. The Morgan fingerprint density at radius 1 is 1.33 bits per heavy atom. The van der Waals surface area contributed by atoms with Crippen molar-refractivity contribution in [2.24, 2.45) is 11.7 Å². The molecule has 0 aliphatic carbocycles. The summed E-state index contributed by atoms with van der Waals surface area (Å²) in [7, 11) is 2.06. The van der Waals surface area contributed by atoms with Gasteiger partial charge in [-0.3, -0.25) is 4.79 Å². The van der Waals surface area contributed by atoms with Gasteiger partial charge in [-0.2, -0.15) is 0 Å². The largest absolute Gasteiger partial charge is 0.340 e. The smallest absolute Gasteiger partial charge is 0.227 e. The monoisotopic (exact) mass is 293 g/mol. The van der Waals surface area contributed by atoms with Gasteiger partial charge >= 0.3 is 0 Å². The van der Waals surface area contributed by atoms with Gasteiger partial charge in [-0.15, -0.1) is 0 Å². The van der Waals surface area contributed by atoms with E-state index in [4.69, 9.17) is 5.73 Å². The van der Waals surface area contributed by atoms with Crippen molar-refractivity contribution >= 4 is 5.91 Å². The highest BCUT2D eigenvalue weighted by atomic mass is 19.1. The van der Waals surface area contributed by atoms with Crippen LogP contribution in [0.2, 0.25) is 0 Å². The van der Waals surface area contributed by atoms with Crippen LogP contribution in [0.3, 0.4) is 0 Å². The molecular formula is C16H24FN3O. The van der Waals surface area contributed by atoms with Crippen LogP contribution >= 0.6 is 0 Å². The standard InChI is InChI=1S/C16H24FN3O/c1-12-9-13(3-4-15(12)17)10-14(11-18)16(21)20-7-5-19(2)6-8-20/h3-4,9,14H,5-8,10-11,18H2,1-2H3. The van der Waals surface area contributed by atoms with Crippen LogP contribution in [0, 0.1) is 18.7 Å². The normalized spacial score (nSPS) is 17.8. The third-order valence-corrected chi connectivity index (χ3v) is 4.15. The fraction of sp³-hybridized carbons (Fsp3) is 0.562. The minimum absolute atomic E-state index is 0.118. The first-order chi connectivity index (χ1) is 10.0. The highest BCUT2D eigenvalue weighted by Crippen LogP contribution is 2.15. The van der Waals surface area contributed by atoms with Gasteiger partial charge in [0, 0.05) is 32.7 Å². The summed E-state index contributed by atoms with van der Waals surface area (Å²) in [5, 5.41) is 0. The van der Waals surface area contributed by atoms with Crippen LogP contribution in [0.1, 0.15) is 11.1 Å². The number of benzene rings is 1. The molecule has 2 rings (SSSR count). The molecule has 0 aromatic heterocycles. The zero-order valence-electron chi connectivity index (χ0n) is 12.8. The van der Waals surface area contributed by atoms with Gasteiger partial charge in [0.15, 0.2) is 0 Å². The van der Waals surface area contributed by atoms with Crippen molar-refractivity contribution in [2.45, 2.75) is 13.3 Å². The Bertz CT molecular complexity index is 498. The Morgan fingerprint density at radius 2 is 2.00 bits per heavy atom. The Kier molecular flexibility index (Phi) is 5.31. The molecule has 1 amide bonds. The molecule has 1 aliphatic rings. The molecule has 2 N–H and O–H groups in total. The molecule has 0 bridgehead atoms. The van der Waals surface area contributed by atoms with Crippen LogP contribution in [0.5, 0.6) is 0 Å². The number of nitrogens with zero attached hydrogens (tertiary/aromatic N) is 2. The SMILES string of the molecule is Cc1cc(CC(CN)C(=O)N2CCN(C)CC2)ccc1F. The van der Waals surface area contributed by atoms with E-state index in [1.807, 2.05) is 4.90 Å². The van der Waals surface area contributed by atoms with Crippen molar-refractivity contribution in [3.05, 3.63) is 35.1 Å². The van der Waals surface area contributed by atoms with E-state index in [2.05, 4.69) is 11.9 Å². The van der Waals surface area contributed by atoms with Crippen molar-refractivity contribution in [3.8, 4) is 0 Å². The quantitative estimate of drug-likeness (QED) is 0.902. The van der Waals surface area contributed by atoms with E-state index in [-0.39, 0.29) is 17.6 Å². The van der Waals surface area contributed by atoms with Gasteiger partial charge < -0.3 is 15.5 Å². The zero-order chi connectivity index (χ0) is 15.4. The second-order valence-electron chi connectivity index (χ2n) is 5.85. The van der Waals surface area contributed by atoms with Gasteiger partial charge in [0.1, 0.15) is 5.82 Å². The summed E-state index contributed by atoms with van der Waals surface area (Å²) in [5.74, 6) is -0.320. The molecule has 0 spiro atoms. The molecule has 5 heteroatoms. The van der Waals surface area contributed by atoms with Crippen molar-refractivity contribution in [3.63, 3.8) is 0 Å². The van der Waals surface area contributed by atoms with Crippen LogP contribution in [-0.4, -0.2) is 55.5 Å². The van der Waals surface area contributed by atoms with Crippen LogP contribution in [0.15, 0.2) is 18.2 Å². The minimum Gasteiger partial charge on any atom is -0.340 e. The maximum Gasteiger partial charge on any atom is 0.227 e. The first kappa shape index (κ1) is 15.9. The van der Waals surface area contributed by atoms with Crippen molar-refractivity contribution in [2.75, 3.05) is 39.8 Å². The first-order valence-corrected chi connectivity index (χ1v) is 7.43. The lowest BCUT2D eigenvalue weighted by Crippen LogP contribution is -2.50. The van der Waals surface area contributed by atoms with E-state index in [1.54, 1.807) is 19.1 Å². The number of carbonyl (C=O) groups excluding carboxylic acids is 1. The molecule has 1 heterocycles. The fourth-order valence-electron chi connectivity index (χ4n) is 2.67. The predicted octanol–water partition coefficient (Wildman–Crippen LogP) is 1.03. The van der Waals surface area contributed by atoms with Gasteiger partial charge in [0.25, 0.3) is 0 Å². The highest BCUT2D eigenvalue weighted by molar-refractivity contribution is 5.79. The van der Waals surface area contributed by atoms with E-state index >= 15 is 0 Å². The van der Waals surface area contributed by atoms with Gasteiger partial charge in [-0.25, -0.2) is 4.39 Å². The van der Waals surface area contributed by atoms with E-state index in [1.165, 1.54) is 6.07 Å². The van der Waals surface area contributed by atoms with Crippen molar-refractivity contribution in [1.29, 1.82) is 0 Å². The average molecular weight is 293 g/mol. The molecule has 1 fully saturated rings. The summed E-state index contributed by atoms with van der Waals surface area (Å²) in [6.07, 6.45) is 0.572. The van der Waals surface area contributed by atoms with Crippen LogP contribution in [-0.2, 0) is 11.2 Å². The predicted molar refractivity (Wildman–Crippen MR) is 81.5 cm³/mol. The van der Waals surface area contributed by atoms with Crippen molar-refractivity contribution in [1.82, 2.24) is 9.80 Å². The van der Waals surface area contributed by atoms with E-state index in [9.17, 15) is 9.18 Å². The number of hydrogen-bond acceptors (Lipinski definition) is 3. The number of nitrogens with two attached hydrogens (primary N) is 1. The molecule has 1 atom stereocenters. The lowest BCUT2D eigenvalue weighted by Gasteiger charge is -2.34. The summed E-state index contributed by atoms with van der Waals surface area (Å²) in [6, 6.07) is 5.00. The molecule has 0 saturated carbocycles. The minimum atomic E-state index is -0.224. The summed E-state index contributed by atoms with van der Waals surface area (Å²) >= 11 is 0. The third kappa shape index (κ3) is 4.02. The Hall–Kier alpha value is -1.46. The molecule has 4 nitrogen and oxygen atoms in total. The van der Waals surface area contributed by atoms with E-state index < -0.39 is 0 Å². The third-order valence-electron chi connectivity index (χ3n) is 4.15. The molecule has 1 aromatic rings. The van der Waals surface area contributed by atoms with Crippen LogP contribution < -0.4 is 5.73 Å². The molecule has 1 saturated heterocycles.